The van der Waals surface area contributed by atoms with E-state index in [2.05, 4.69) is 24.0 Å². The standard InChI is InChI=1S/C17H15NO3.C7H8/c1-20-17(19)14-15(12-8-4-2-5-9-12)21-16(18-14)13-10-6-3-7-11-13;1-7-5-3-2-4-6-7/h2-11,14-15H,1H3;2-6H,1H3. The van der Waals surface area contributed by atoms with Crippen LogP contribution in [0, 0.1) is 6.92 Å². The molecule has 28 heavy (non-hydrogen) atoms. The largest absolute Gasteiger partial charge is 0.467 e. The molecule has 142 valence electrons. The fourth-order valence-electron chi connectivity index (χ4n) is 2.86. The smallest absolute Gasteiger partial charge is 0.335 e. The van der Waals surface area contributed by atoms with Gasteiger partial charge in [-0.3, -0.25) is 0 Å². The average Bonchev–Trinajstić information content (AvgIpc) is 3.21. The number of benzene rings is 3. The van der Waals surface area contributed by atoms with E-state index in [9.17, 15) is 4.79 Å². The summed E-state index contributed by atoms with van der Waals surface area (Å²) in [4.78, 5) is 16.4. The minimum Gasteiger partial charge on any atom is -0.467 e. The summed E-state index contributed by atoms with van der Waals surface area (Å²) in [7, 11) is 1.36. The molecule has 4 heteroatoms. The first-order valence-corrected chi connectivity index (χ1v) is 9.13. The maximum atomic E-state index is 12.0. The molecule has 2 atom stereocenters. The second-order valence-corrected chi connectivity index (χ2v) is 6.37. The zero-order chi connectivity index (χ0) is 19.8. The lowest BCUT2D eigenvalue weighted by Crippen LogP contribution is -2.25. The summed E-state index contributed by atoms with van der Waals surface area (Å²) in [6, 6.07) is 28.7. The molecule has 0 saturated heterocycles. The number of carbonyl (C=O) groups is 1. The van der Waals surface area contributed by atoms with Crippen LogP contribution in [-0.4, -0.2) is 25.0 Å². The third-order valence-electron chi connectivity index (χ3n) is 4.31. The predicted molar refractivity (Wildman–Crippen MR) is 110 cm³/mol. The van der Waals surface area contributed by atoms with E-state index >= 15 is 0 Å². The van der Waals surface area contributed by atoms with Gasteiger partial charge in [-0.15, -0.1) is 0 Å². The molecule has 0 radical (unpaired) electrons. The van der Waals surface area contributed by atoms with Crippen molar-refractivity contribution in [1.82, 2.24) is 0 Å². The third kappa shape index (κ3) is 4.86. The molecule has 0 saturated carbocycles. The van der Waals surface area contributed by atoms with Crippen molar-refractivity contribution in [2.24, 2.45) is 4.99 Å². The maximum Gasteiger partial charge on any atom is 0.335 e. The molecule has 1 aliphatic heterocycles. The topological polar surface area (TPSA) is 47.9 Å². The van der Waals surface area contributed by atoms with Gasteiger partial charge in [0.25, 0.3) is 0 Å². The van der Waals surface area contributed by atoms with E-state index in [1.165, 1.54) is 12.7 Å². The van der Waals surface area contributed by atoms with Crippen LogP contribution < -0.4 is 0 Å². The number of ether oxygens (including phenoxy) is 2. The molecule has 4 rings (SSSR count). The molecule has 0 fully saturated rings. The van der Waals surface area contributed by atoms with Crippen LogP contribution in [0.15, 0.2) is 96.0 Å². The van der Waals surface area contributed by atoms with E-state index in [0.29, 0.717) is 5.90 Å². The molecule has 0 aromatic heterocycles. The van der Waals surface area contributed by atoms with Crippen molar-refractivity contribution >= 4 is 11.9 Å². The van der Waals surface area contributed by atoms with Crippen LogP contribution in [0.25, 0.3) is 0 Å². The first-order chi connectivity index (χ1) is 13.7. The molecular weight excluding hydrogens is 350 g/mol. The van der Waals surface area contributed by atoms with Crippen LogP contribution in [-0.2, 0) is 14.3 Å². The van der Waals surface area contributed by atoms with Crippen LogP contribution >= 0.6 is 0 Å². The molecule has 0 amide bonds. The Morgan fingerprint density at radius 2 is 1.39 bits per heavy atom. The van der Waals surface area contributed by atoms with Crippen molar-refractivity contribution in [3.63, 3.8) is 0 Å². The molecule has 0 N–H and O–H groups in total. The number of carbonyl (C=O) groups excluding carboxylic acids is 1. The maximum absolute atomic E-state index is 12.0. The Morgan fingerprint density at radius 3 is 1.89 bits per heavy atom. The Balaban J connectivity index is 0.000000271. The van der Waals surface area contributed by atoms with Crippen LogP contribution in [0.5, 0.6) is 0 Å². The summed E-state index contributed by atoms with van der Waals surface area (Å²) in [5, 5.41) is 0. The van der Waals surface area contributed by atoms with Gasteiger partial charge in [-0.25, -0.2) is 9.79 Å². The van der Waals surface area contributed by atoms with Crippen molar-refractivity contribution in [2.45, 2.75) is 19.1 Å². The van der Waals surface area contributed by atoms with Crippen molar-refractivity contribution in [2.75, 3.05) is 7.11 Å². The minimum absolute atomic E-state index is 0.394. The highest BCUT2D eigenvalue weighted by Crippen LogP contribution is 2.31. The molecule has 3 aromatic rings. The second kappa shape index (κ2) is 9.51. The number of esters is 1. The van der Waals surface area contributed by atoms with Gasteiger partial charge in [0.15, 0.2) is 12.1 Å². The molecule has 0 aliphatic carbocycles. The van der Waals surface area contributed by atoms with E-state index in [1.54, 1.807) is 0 Å². The summed E-state index contributed by atoms with van der Waals surface area (Å²) in [6.45, 7) is 2.08. The minimum atomic E-state index is -0.674. The van der Waals surface area contributed by atoms with Crippen molar-refractivity contribution < 1.29 is 14.3 Å². The number of rotatable bonds is 3. The SMILES string of the molecule is COC(=O)C1N=C(c2ccccc2)OC1c1ccccc1.Cc1ccccc1. The lowest BCUT2D eigenvalue weighted by molar-refractivity contribution is -0.143. The lowest BCUT2D eigenvalue weighted by Gasteiger charge is -2.16. The highest BCUT2D eigenvalue weighted by Gasteiger charge is 2.38. The molecular formula is C24H23NO3. The van der Waals surface area contributed by atoms with Crippen molar-refractivity contribution in [3.05, 3.63) is 108 Å². The number of aryl methyl sites for hydroxylation is 1. The van der Waals surface area contributed by atoms with Crippen LogP contribution in [0.4, 0.5) is 0 Å². The van der Waals surface area contributed by atoms with Gasteiger partial charge in [0.05, 0.1) is 7.11 Å². The van der Waals surface area contributed by atoms with Crippen LogP contribution in [0.2, 0.25) is 0 Å². The monoisotopic (exact) mass is 373 g/mol. The quantitative estimate of drug-likeness (QED) is 0.623. The van der Waals surface area contributed by atoms with Crippen molar-refractivity contribution in [1.29, 1.82) is 0 Å². The number of hydrogen-bond donors (Lipinski definition) is 0. The van der Waals surface area contributed by atoms with E-state index in [-0.39, 0.29) is 0 Å². The summed E-state index contributed by atoms with van der Waals surface area (Å²) >= 11 is 0. The molecule has 2 unspecified atom stereocenters. The Kier molecular flexibility index (Phi) is 6.58. The summed E-state index contributed by atoms with van der Waals surface area (Å²) in [5.74, 6) is 0.0784. The van der Waals surface area contributed by atoms with Crippen LogP contribution in [0.1, 0.15) is 22.8 Å². The molecule has 1 heterocycles. The Labute approximate surface area is 165 Å². The lowest BCUT2D eigenvalue weighted by atomic mass is 10.0. The third-order valence-corrected chi connectivity index (χ3v) is 4.31. The molecule has 0 spiro atoms. The van der Waals surface area contributed by atoms with E-state index in [0.717, 1.165) is 11.1 Å². The number of methoxy groups -OCH3 is 1. The second-order valence-electron chi connectivity index (χ2n) is 6.37. The van der Waals surface area contributed by atoms with Gasteiger partial charge < -0.3 is 9.47 Å². The highest BCUT2D eigenvalue weighted by molar-refractivity contribution is 5.98. The number of hydrogen-bond acceptors (Lipinski definition) is 4. The number of nitrogens with zero attached hydrogens (tertiary/aromatic N) is 1. The first-order valence-electron chi connectivity index (χ1n) is 9.13. The normalized spacial score (nSPS) is 17.6. The highest BCUT2D eigenvalue weighted by atomic mass is 16.5. The summed E-state index contributed by atoms with van der Waals surface area (Å²) in [5.41, 5.74) is 3.08. The Bertz CT molecular complexity index is 908. The Hall–Kier alpha value is -3.40. The van der Waals surface area contributed by atoms with Gasteiger partial charge in [-0.1, -0.05) is 84.4 Å². The zero-order valence-electron chi connectivity index (χ0n) is 16.0. The summed E-state index contributed by atoms with van der Waals surface area (Å²) in [6.07, 6.45) is -0.450. The van der Waals surface area contributed by atoms with Crippen molar-refractivity contribution in [3.8, 4) is 0 Å². The van der Waals surface area contributed by atoms with Gasteiger partial charge in [0.2, 0.25) is 5.90 Å². The molecule has 0 bridgehead atoms. The average molecular weight is 373 g/mol. The molecule has 3 aromatic carbocycles. The van der Waals surface area contributed by atoms with Gasteiger partial charge >= 0.3 is 5.97 Å². The van der Waals surface area contributed by atoms with Gasteiger partial charge in [0.1, 0.15) is 0 Å². The van der Waals surface area contributed by atoms with Gasteiger partial charge in [-0.2, -0.15) is 0 Å². The summed E-state index contributed by atoms with van der Waals surface area (Å²) < 4.78 is 10.8. The first kappa shape index (κ1) is 19.4. The zero-order valence-corrected chi connectivity index (χ0v) is 16.0. The van der Waals surface area contributed by atoms with Gasteiger partial charge in [-0.05, 0) is 24.6 Å². The van der Waals surface area contributed by atoms with Crippen LogP contribution in [0.3, 0.4) is 0 Å². The van der Waals surface area contributed by atoms with Gasteiger partial charge in [0, 0.05) is 5.56 Å². The fourth-order valence-corrected chi connectivity index (χ4v) is 2.86. The Morgan fingerprint density at radius 1 is 0.857 bits per heavy atom. The predicted octanol–water partition coefficient (Wildman–Crippen LogP) is 4.74. The van der Waals surface area contributed by atoms with E-state index < -0.39 is 18.1 Å². The van der Waals surface area contributed by atoms with E-state index in [4.69, 9.17) is 9.47 Å². The molecule has 4 nitrogen and oxygen atoms in total. The molecule has 1 aliphatic rings. The fraction of sp³-hybridized carbons (Fsp3) is 0.167. The van der Waals surface area contributed by atoms with E-state index in [1.807, 2.05) is 78.9 Å². The number of aliphatic imine (C=N–C) groups is 1.